The van der Waals surface area contributed by atoms with Gasteiger partial charge >= 0.3 is 0 Å². The third kappa shape index (κ3) is 4.37. The molecular formula is C20H23ClN2O. The van der Waals surface area contributed by atoms with Crippen molar-refractivity contribution in [1.29, 1.82) is 0 Å². The molecule has 1 amide bonds. The Morgan fingerprint density at radius 1 is 1.12 bits per heavy atom. The van der Waals surface area contributed by atoms with Gasteiger partial charge in [-0.05, 0) is 61.7 Å². The molecule has 1 heterocycles. The minimum Gasteiger partial charge on any atom is -0.321 e. The Bertz CT molecular complexity index is 691. The van der Waals surface area contributed by atoms with Crippen LogP contribution in [0.2, 0.25) is 5.02 Å². The maximum Gasteiger partial charge on any atom is 0.255 e. The Kier molecular flexibility index (Phi) is 5.54. The molecule has 126 valence electrons. The van der Waals surface area contributed by atoms with E-state index >= 15 is 0 Å². The number of piperidine rings is 1. The number of para-hydroxylation sites is 1. The molecule has 1 N–H and O–H groups in total. The SMILES string of the molecule is CC1CCN(Cc2ccc(C(=O)Nc3ccccc3Cl)cc2)CC1. The van der Waals surface area contributed by atoms with E-state index in [-0.39, 0.29) is 5.91 Å². The van der Waals surface area contributed by atoms with Crippen molar-refractivity contribution in [2.24, 2.45) is 5.92 Å². The lowest BCUT2D eigenvalue weighted by molar-refractivity contribution is 0.102. The fourth-order valence-electron chi connectivity index (χ4n) is 3.00. The topological polar surface area (TPSA) is 32.3 Å². The highest BCUT2D eigenvalue weighted by atomic mass is 35.5. The number of carbonyl (C=O) groups is 1. The molecule has 0 radical (unpaired) electrons. The predicted molar refractivity (Wildman–Crippen MR) is 99.5 cm³/mol. The zero-order valence-corrected chi connectivity index (χ0v) is 14.7. The minimum absolute atomic E-state index is 0.138. The van der Waals surface area contributed by atoms with Crippen LogP contribution >= 0.6 is 11.6 Å². The Labute approximate surface area is 148 Å². The molecule has 3 rings (SSSR count). The number of anilines is 1. The average Bonchev–Trinajstić information content (AvgIpc) is 2.59. The summed E-state index contributed by atoms with van der Waals surface area (Å²) < 4.78 is 0. The highest BCUT2D eigenvalue weighted by molar-refractivity contribution is 6.33. The van der Waals surface area contributed by atoms with Crippen LogP contribution in [-0.4, -0.2) is 23.9 Å². The van der Waals surface area contributed by atoms with Crippen LogP contribution in [-0.2, 0) is 6.54 Å². The van der Waals surface area contributed by atoms with Crippen molar-refractivity contribution in [2.45, 2.75) is 26.3 Å². The van der Waals surface area contributed by atoms with Crippen LogP contribution in [0.4, 0.5) is 5.69 Å². The number of rotatable bonds is 4. The van der Waals surface area contributed by atoms with Gasteiger partial charge in [-0.1, -0.05) is 42.8 Å². The number of hydrogen-bond donors (Lipinski definition) is 1. The number of nitrogens with zero attached hydrogens (tertiary/aromatic N) is 1. The van der Waals surface area contributed by atoms with E-state index in [2.05, 4.69) is 17.1 Å². The molecule has 2 aromatic carbocycles. The van der Waals surface area contributed by atoms with E-state index in [1.165, 1.54) is 18.4 Å². The first-order valence-electron chi connectivity index (χ1n) is 8.49. The monoisotopic (exact) mass is 342 g/mol. The second kappa shape index (κ2) is 7.82. The van der Waals surface area contributed by atoms with Crippen LogP contribution in [0.15, 0.2) is 48.5 Å². The molecular weight excluding hydrogens is 320 g/mol. The standard InChI is InChI=1S/C20H23ClN2O/c1-15-10-12-23(13-11-15)14-16-6-8-17(9-7-16)20(24)22-19-5-3-2-4-18(19)21/h2-9,15H,10-14H2,1H3,(H,22,24). The molecule has 1 aliphatic rings. The molecule has 0 aromatic heterocycles. The summed E-state index contributed by atoms with van der Waals surface area (Å²) >= 11 is 6.08. The second-order valence-electron chi connectivity index (χ2n) is 6.59. The number of halogens is 1. The van der Waals surface area contributed by atoms with Crippen LogP contribution in [0.1, 0.15) is 35.7 Å². The fraction of sp³-hybridized carbons (Fsp3) is 0.350. The van der Waals surface area contributed by atoms with Crippen molar-refractivity contribution in [2.75, 3.05) is 18.4 Å². The van der Waals surface area contributed by atoms with Crippen molar-refractivity contribution in [1.82, 2.24) is 4.90 Å². The maximum absolute atomic E-state index is 12.3. The van der Waals surface area contributed by atoms with Crippen LogP contribution in [0.3, 0.4) is 0 Å². The molecule has 0 atom stereocenters. The molecule has 0 unspecified atom stereocenters. The Morgan fingerprint density at radius 2 is 1.79 bits per heavy atom. The first-order chi connectivity index (χ1) is 11.6. The smallest absolute Gasteiger partial charge is 0.255 e. The van der Waals surface area contributed by atoms with Crippen molar-refractivity contribution < 1.29 is 4.79 Å². The second-order valence-corrected chi connectivity index (χ2v) is 7.00. The molecule has 4 heteroatoms. The van der Waals surface area contributed by atoms with E-state index < -0.39 is 0 Å². The van der Waals surface area contributed by atoms with Crippen molar-refractivity contribution >= 4 is 23.2 Å². The molecule has 0 spiro atoms. The van der Waals surface area contributed by atoms with Gasteiger partial charge in [-0.25, -0.2) is 0 Å². The van der Waals surface area contributed by atoms with E-state index in [1.54, 1.807) is 12.1 Å². The number of likely N-dealkylation sites (tertiary alicyclic amines) is 1. The van der Waals surface area contributed by atoms with E-state index in [9.17, 15) is 4.79 Å². The van der Waals surface area contributed by atoms with Crippen molar-refractivity contribution in [3.05, 3.63) is 64.7 Å². The summed E-state index contributed by atoms with van der Waals surface area (Å²) in [5.74, 6) is 0.707. The Balaban J connectivity index is 1.59. The van der Waals surface area contributed by atoms with Gasteiger partial charge in [-0.2, -0.15) is 0 Å². The normalized spacial score (nSPS) is 16.1. The summed E-state index contributed by atoms with van der Waals surface area (Å²) in [5, 5.41) is 3.39. The molecule has 1 saturated heterocycles. The summed E-state index contributed by atoms with van der Waals surface area (Å²) in [4.78, 5) is 14.8. The van der Waals surface area contributed by atoms with Gasteiger partial charge in [0.05, 0.1) is 10.7 Å². The molecule has 1 aliphatic heterocycles. The zero-order chi connectivity index (χ0) is 16.9. The first-order valence-corrected chi connectivity index (χ1v) is 8.87. The first kappa shape index (κ1) is 17.0. The van der Waals surface area contributed by atoms with Gasteiger partial charge in [0, 0.05) is 12.1 Å². The van der Waals surface area contributed by atoms with E-state index in [4.69, 9.17) is 11.6 Å². The average molecular weight is 343 g/mol. The summed E-state index contributed by atoms with van der Waals surface area (Å²) in [5.41, 5.74) is 2.53. The number of carbonyl (C=O) groups excluding carboxylic acids is 1. The number of amides is 1. The fourth-order valence-corrected chi connectivity index (χ4v) is 3.18. The van der Waals surface area contributed by atoms with Gasteiger partial charge in [0.1, 0.15) is 0 Å². The highest BCUT2D eigenvalue weighted by Gasteiger charge is 2.16. The van der Waals surface area contributed by atoms with E-state index in [1.807, 2.05) is 36.4 Å². The van der Waals surface area contributed by atoms with Gasteiger partial charge in [0.15, 0.2) is 0 Å². The minimum atomic E-state index is -0.138. The quantitative estimate of drug-likeness (QED) is 0.863. The predicted octanol–water partition coefficient (Wildman–Crippen LogP) is 4.82. The van der Waals surface area contributed by atoms with Crippen molar-refractivity contribution in [3.63, 3.8) is 0 Å². The maximum atomic E-state index is 12.3. The largest absolute Gasteiger partial charge is 0.321 e. The summed E-state index contributed by atoms with van der Waals surface area (Å²) in [6.45, 7) is 5.61. The molecule has 0 aliphatic carbocycles. The molecule has 2 aromatic rings. The van der Waals surface area contributed by atoms with Crippen LogP contribution < -0.4 is 5.32 Å². The van der Waals surface area contributed by atoms with Gasteiger partial charge < -0.3 is 5.32 Å². The Hall–Kier alpha value is -1.84. The molecule has 0 saturated carbocycles. The summed E-state index contributed by atoms with van der Waals surface area (Å²) in [7, 11) is 0. The molecule has 3 nitrogen and oxygen atoms in total. The molecule has 1 fully saturated rings. The Morgan fingerprint density at radius 3 is 2.46 bits per heavy atom. The lowest BCUT2D eigenvalue weighted by Gasteiger charge is -2.30. The highest BCUT2D eigenvalue weighted by Crippen LogP contribution is 2.22. The van der Waals surface area contributed by atoms with Gasteiger partial charge in [-0.3, -0.25) is 9.69 Å². The van der Waals surface area contributed by atoms with Crippen LogP contribution in [0.5, 0.6) is 0 Å². The summed E-state index contributed by atoms with van der Waals surface area (Å²) in [6, 6.07) is 15.1. The van der Waals surface area contributed by atoms with E-state index in [0.717, 1.165) is 25.6 Å². The van der Waals surface area contributed by atoms with Crippen LogP contribution in [0, 0.1) is 5.92 Å². The van der Waals surface area contributed by atoms with Crippen LogP contribution in [0.25, 0.3) is 0 Å². The third-order valence-electron chi connectivity index (χ3n) is 4.62. The molecule has 24 heavy (non-hydrogen) atoms. The zero-order valence-electron chi connectivity index (χ0n) is 14.0. The molecule has 0 bridgehead atoms. The number of nitrogens with one attached hydrogen (secondary N) is 1. The number of benzene rings is 2. The van der Waals surface area contributed by atoms with Crippen molar-refractivity contribution in [3.8, 4) is 0 Å². The van der Waals surface area contributed by atoms with Gasteiger partial charge in [0.25, 0.3) is 5.91 Å². The van der Waals surface area contributed by atoms with E-state index in [0.29, 0.717) is 16.3 Å². The van der Waals surface area contributed by atoms with Gasteiger partial charge in [-0.15, -0.1) is 0 Å². The lowest BCUT2D eigenvalue weighted by atomic mass is 9.99. The third-order valence-corrected chi connectivity index (χ3v) is 4.95. The number of hydrogen-bond acceptors (Lipinski definition) is 2. The summed E-state index contributed by atoms with van der Waals surface area (Å²) in [6.07, 6.45) is 2.55. The lowest BCUT2D eigenvalue weighted by Crippen LogP contribution is -2.32. The van der Waals surface area contributed by atoms with Gasteiger partial charge in [0.2, 0.25) is 0 Å².